The molecule has 0 saturated heterocycles. The van der Waals surface area contributed by atoms with Crippen molar-refractivity contribution in [3.63, 3.8) is 0 Å². The summed E-state index contributed by atoms with van der Waals surface area (Å²) < 4.78 is 12.4. The van der Waals surface area contributed by atoms with Crippen molar-refractivity contribution in [2.24, 2.45) is 0 Å². The smallest absolute Gasteiger partial charge is 0.340 e. The molecule has 0 aliphatic heterocycles. The predicted molar refractivity (Wildman–Crippen MR) is 79.4 cm³/mol. The molecule has 0 aliphatic carbocycles. The minimum atomic E-state index is -0.456. The van der Waals surface area contributed by atoms with Crippen molar-refractivity contribution in [2.45, 2.75) is 26.8 Å². The van der Waals surface area contributed by atoms with Gasteiger partial charge in [0.1, 0.15) is 0 Å². The van der Waals surface area contributed by atoms with Gasteiger partial charge in [-0.1, -0.05) is 13.0 Å². The Morgan fingerprint density at radius 2 is 2.19 bits per heavy atom. The molecule has 1 heterocycles. The van der Waals surface area contributed by atoms with E-state index in [-0.39, 0.29) is 5.69 Å². The first-order valence-corrected chi connectivity index (χ1v) is 6.91. The third-order valence-corrected chi connectivity index (χ3v) is 2.85. The number of benzene rings is 1. The van der Waals surface area contributed by atoms with Crippen LogP contribution in [0.4, 0.5) is 5.69 Å². The van der Waals surface area contributed by atoms with E-state index in [2.05, 4.69) is 12.0 Å². The Labute approximate surface area is 123 Å². The number of aromatic nitrogens is 2. The lowest BCUT2D eigenvalue weighted by molar-refractivity contribution is 0.0527. The summed E-state index contributed by atoms with van der Waals surface area (Å²) >= 11 is 0. The van der Waals surface area contributed by atoms with E-state index in [0.29, 0.717) is 23.7 Å². The second kappa shape index (κ2) is 6.78. The molecule has 112 valence electrons. The number of hydrogen-bond acceptors (Lipinski definition) is 5. The molecule has 21 heavy (non-hydrogen) atoms. The third-order valence-electron chi connectivity index (χ3n) is 2.85. The number of nitrogen functional groups attached to an aromatic ring is 1. The molecule has 0 radical (unpaired) electrons. The zero-order valence-corrected chi connectivity index (χ0v) is 12.2. The lowest BCUT2D eigenvalue weighted by Gasteiger charge is -2.10. The Bertz CT molecular complexity index is 622. The second-order valence-corrected chi connectivity index (χ2v) is 4.48. The topological polar surface area (TPSA) is 79.4 Å². The molecule has 0 atom stereocenters. The van der Waals surface area contributed by atoms with E-state index in [0.717, 1.165) is 13.0 Å². The zero-order chi connectivity index (χ0) is 15.2. The molecular weight excluding hydrogens is 270 g/mol. The fourth-order valence-electron chi connectivity index (χ4n) is 1.90. The van der Waals surface area contributed by atoms with Gasteiger partial charge < -0.3 is 15.2 Å². The van der Waals surface area contributed by atoms with E-state index in [1.807, 2.05) is 0 Å². The zero-order valence-electron chi connectivity index (χ0n) is 12.2. The molecule has 0 amide bonds. The number of nitrogens with zero attached hydrogens (tertiary/aromatic N) is 2. The Morgan fingerprint density at radius 3 is 2.90 bits per heavy atom. The number of anilines is 1. The minimum absolute atomic E-state index is 0.263. The molecule has 0 spiro atoms. The van der Waals surface area contributed by atoms with Crippen LogP contribution in [0.3, 0.4) is 0 Å². The fraction of sp³-hybridized carbons (Fsp3) is 0.333. The number of aryl methyl sites for hydroxylation is 1. The first kappa shape index (κ1) is 14.9. The number of rotatable bonds is 6. The highest BCUT2D eigenvalue weighted by Gasteiger charge is 2.15. The van der Waals surface area contributed by atoms with Crippen molar-refractivity contribution in [2.75, 3.05) is 12.3 Å². The van der Waals surface area contributed by atoms with Gasteiger partial charge in [-0.05, 0) is 25.5 Å². The Hall–Kier alpha value is -2.50. The lowest BCUT2D eigenvalue weighted by Crippen LogP contribution is -2.08. The SMILES string of the molecule is CCCn1cc(Oc2cccc(C(=O)OCC)c2N)cn1. The number of nitrogens with two attached hydrogens (primary N) is 1. The molecule has 1 aromatic carbocycles. The van der Waals surface area contributed by atoms with Gasteiger partial charge in [-0.3, -0.25) is 4.68 Å². The molecule has 2 rings (SSSR count). The summed E-state index contributed by atoms with van der Waals surface area (Å²) in [5, 5.41) is 4.18. The van der Waals surface area contributed by atoms with E-state index < -0.39 is 5.97 Å². The number of ether oxygens (including phenoxy) is 2. The van der Waals surface area contributed by atoms with E-state index in [9.17, 15) is 4.79 Å². The van der Waals surface area contributed by atoms with Crippen LogP contribution in [0.15, 0.2) is 30.6 Å². The number of carbonyl (C=O) groups is 1. The van der Waals surface area contributed by atoms with Gasteiger partial charge in [-0.15, -0.1) is 0 Å². The van der Waals surface area contributed by atoms with E-state index in [4.69, 9.17) is 15.2 Å². The molecule has 0 saturated carbocycles. The van der Waals surface area contributed by atoms with Crippen molar-refractivity contribution >= 4 is 11.7 Å². The van der Waals surface area contributed by atoms with E-state index in [1.165, 1.54) is 0 Å². The molecular formula is C15H19N3O3. The van der Waals surface area contributed by atoms with Gasteiger partial charge in [0.2, 0.25) is 0 Å². The highest BCUT2D eigenvalue weighted by Crippen LogP contribution is 2.30. The molecule has 0 fully saturated rings. The highest BCUT2D eigenvalue weighted by atomic mass is 16.5. The fourth-order valence-corrected chi connectivity index (χ4v) is 1.90. The summed E-state index contributed by atoms with van der Waals surface area (Å²) in [5.74, 6) is 0.537. The lowest BCUT2D eigenvalue weighted by atomic mass is 10.1. The van der Waals surface area contributed by atoms with Crippen molar-refractivity contribution < 1.29 is 14.3 Å². The summed E-state index contributed by atoms with van der Waals surface area (Å²) in [6.45, 7) is 4.94. The van der Waals surface area contributed by atoms with Gasteiger partial charge in [0.25, 0.3) is 0 Å². The van der Waals surface area contributed by atoms with Crippen molar-refractivity contribution in [1.82, 2.24) is 9.78 Å². The standard InChI is InChI=1S/C15H19N3O3/c1-3-8-18-10-11(9-17-18)21-13-7-5-6-12(14(13)16)15(19)20-4-2/h5-7,9-10H,3-4,8,16H2,1-2H3. The molecule has 0 bridgehead atoms. The maximum atomic E-state index is 11.8. The molecule has 2 N–H and O–H groups in total. The quantitative estimate of drug-likeness (QED) is 0.653. The van der Waals surface area contributed by atoms with Gasteiger partial charge in [0, 0.05) is 6.54 Å². The molecule has 6 heteroatoms. The van der Waals surface area contributed by atoms with E-state index >= 15 is 0 Å². The van der Waals surface area contributed by atoms with Gasteiger partial charge in [-0.2, -0.15) is 5.10 Å². The van der Waals surface area contributed by atoms with E-state index in [1.54, 1.807) is 42.2 Å². The predicted octanol–water partition coefficient (Wildman–Crippen LogP) is 2.84. The molecule has 1 aromatic heterocycles. The number of esters is 1. The van der Waals surface area contributed by atoms with Crippen LogP contribution in [0.25, 0.3) is 0 Å². The Kier molecular flexibility index (Phi) is 4.81. The average molecular weight is 289 g/mol. The van der Waals surface area contributed by atoms with Crippen LogP contribution in [0.5, 0.6) is 11.5 Å². The molecule has 2 aromatic rings. The maximum Gasteiger partial charge on any atom is 0.340 e. The number of carbonyl (C=O) groups excluding carboxylic acids is 1. The molecule has 6 nitrogen and oxygen atoms in total. The Balaban J connectivity index is 2.19. The minimum Gasteiger partial charge on any atom is -0.462 e. The van der Waals surface area contributed by atoms with Gasteiger partial charge in [-0.25, -0.2) is 4.79 Å². The first-order chi connectivity index (χ1) is 10.2. The average Bonchev–Trinajstić information content (AvgIpc) is 2.89. The van der Waals surface area contributed by atoms with Crippen molar-refractivity contribution in [1.29, 1.82) is 0 Å². The third kappa shape index (κ3) is 3.53. The van der Waals surface area contributed by atoms with Crippen LogP contribution in [0, 0.1) is 0 Å². The van der Waals surface area contributed by atoms with Crippen molar-refractivity contribution in [3.8, 4) is 11.5 Å². The summed E-state index contributed by atoms with van der Waals surface area (Å²) in [4.78, 5) is 11.8. The number of hydrogen-bond donors (Lipinski definition) is 1. The molecule has 0 unspecified atom stereocenters. The van der Waals surface area contributed by atoms with Crippen molar-refractivity contribution in [3.05, 3.63) is 36.2 Å². The first-order valence-electron chi connectivity index (χ1n) is 6.91. The summed E-state index contributed by atoms with van der Waals surface area (Å²) in [7, 11) is 0. The summed E-state index contributed by atoms with van der Waals surface area (Å²) in [6.07, 6.45) is 4.40. The second-order valence-electron chi connectivity index (χ2n) is 4.48. The Morgan fingerprint density at radius 1 is 1.38 bits per heavy atom. The number of para-hydroxylation sites is 1. The van der Waals surface area contributed by atoms with Gasteiger partial charge in [0.05, 0.1) is 30.3 Å². The highest BCUT2D eigenvalue weighted by molar-refractivity contribution is 5.96. The normalized spacial score (nSPS) is 10.4. The van der Waals surface area contributed by atoms with Crippen LogP contribution < -0.4 is 10.5 Å². The molecule has 0 aliphatic rings. The van der Waals surface area contributed by atoms with Gasteiger partial charge >= 0.3 is 5.97 Å². The summed E-state index contributed by atoms with van der Waals surface area (Å²) in [6, 6.07) is 5.02. The van der Waals surface area contributed by atoms with Crippen LogP contribution >= 0.6 is 0 Å². The van der Waals surface area contributed by atoms with Crippen LogP contribution in [0.1, 0.15) is 30.6 Å². The van der Waals surface area contributed by atoms with Crippen LogP contribution in [-0.2, 0) is 11.3 Å². The van der Waals surface area contributed by atoms with Gasteiger partial charge in [0.15, 0.2) is 11.5 Å². The summed E-state index contributed by atoms with van der Waals surface area (Å²) in [5.41, 5.74) is 6.54. The monoisotopic (exact) mass is 289 g/mol. The van der Waals surface area contributed by atoms with Crippen LogP contribution in [-0.4, -0.2) is 22.4 Å². The van der Waals surface area contributed by atoms with Crippen LogP contribution in [0.2, 0.25) is 0 Å². The largest absolute Gasteiger partial charge is 0.462 e. The maximum absolute atomic E-state index is 11.8.